The first kappa shape index (κ1) is 18.9. The first-order valence-corrected chi connectivity index (χ1v) is 9.56. The summed E-state index contributed by atoms with van der Waals surface area (Å²) in [6.45, 7) is 1.79. The van der Waals surface area contributed by atoms with Crippen molar-refractivity contribution in [2.24, 2.45) is 0 Å². The first-order valence-electron chi connectivity index (χ1n) is 9.56. The number of rotatable bonds is 5. The number of phenols is 1. The molecule has 4 rings (SSSR count). The highest BCUT2D eigenvalue weighted by atomic mass is 16.5. The number of esters is 1. The summed E-state index contributed by atoms with van der Waals surface area (Å²) in [6, 6.07) is 20.5. The van der Waals surface area contributed by atoms with E-state index < -0.39 is 5.97 Å². The second kappa shape index (κ2) is 8.27. The zero-order valence-corrected chi connectivity index (χ0v) is 16.1. The van der Waals surface area contributed by atoms with Crippen LogP contribution in [0, 0.1) is 0 Å². The molecule has 0 saturated carbocycles. The molecule has 0 aromatic heterocycles. The van der Waals surface area contributed by atoms with Crippen molar-refractivity contribution in [2.45, 2.75) is 32.5 Å². The highest BCUT2D eigenvalue weighted by Crippen LogP contribution is 2.40. The van der Waals surface area contributed by atoms with Gasteiger partial charge >= 0.3 is 5.97 Å². The van der Waals surface area contributed by atoms with Crippen LogP contribution >= 0.6 is 0 Å². The van der Waals surface area contributed by atoms with Gasteiger partial charge in [-0.3, -0.25) is 4.79 Å². The van der Waals surface area contributed by atoms with Crippen molar-refractivity contribution in [3.8, 4) is 23.0 Å². The maximum absolute atomic E-state index is 11.6. The SMILES string of the molecule is CC(=O)Oc1cc(OCc2ccccc2)ccc1C1CCc2ccc(O)cc2O1. The third-order valence-corrected chi connectivity index (χ3v) is 4.83. The molecule has 1 heterocycles. The van der Waals surface area contributed by atoms with Crippen molar-refractivity contribution in [2.75, 3.05) is 0 Å². The maximum atomic E-state index is 11.6. The molecule has 0 saturated heterocycles. The van der Waals surface area contributed by atoms with Crippen LogP contribution < -0.4 is 14.2 Å². The number of carbonyl (C=O) groups excluding carboxylic acids is 1. The number of hydrogen-bond acceptors (Lipinski definition) is 5. The molecule has 148 valence electrons. The predicted octanol–water partition coefficient (Wildman–Crippen LogP) is 4.96. The molecule has 0 radical (unpaired) electrons. The van der Waals surface area contributed by atoms with E-state index in [4.69, 9.17) is 14.2 Å². The largest absolute Gasteiger partial charge is 0.508 e. The second-order valence-electron chi connectivity index (χ2n) is 7.00. The fraction of sp³-hybridized carbons (Fsp3) is 0.208. The summed E-state index contributed by atoms with van der Waals surface area (Å²) in [4.78, 5) is 11.6. The van der Waals surface area contributed by atoms with Gasteiger partial charge in [0, 0.05) is 24.6 Å². The molecule has 3 aromatic carbocycles. The Kier molecular flexibility index (Phi) is 5.38. The summed E-state index contributed by atoms with van der Waals surface area (Å²) < 4.78 is 17.4. The molecule has 1 N–H and O–H groups in total. The van der Waals surface area contributed by atoms with Gasteiger partial charge in [0.25, 0.3) is 0 Å². The second-order valence-corrected chi connectivity index (χ2v) is 7.00. The molecule has 0 aliphatic carbocycles. The molecular weight excluding hydrogens is 368 g/mol. The Morgan fingerprint density at radius 3 is 2.72 bits per heavy atom. The molecule has 0 spiro atoms. The van der Waals surface area contributed by atoms with E-state index in [9.17, 15) is 9.90 Å². The highest BCUT2D eigenvalue weighted by Gasteiger charge is 2.25. The molecule has 5 heteroatoms. The number of aromatic hydroxyl groups is 1. The summed E-state index contributed by atoms with van der Waals surface area (Å²) in [5, 5.41) is 9.74. The van der Waals surface area contributed by atoms with Crippen LogP contribution in [0.5, 0.6) is 23.0 Å². The number of fused-ring (bicyclic) bond motifs is 1. The predicted molar refractivity (Wildman–Crippen MR) is 108 cm³/mol. The molecule has 0 amide bonds. The van der Waals surface area contributed by atoms with Gasteiger partial charge in [-0.05, 0) is 42.2 Å². The minimum Gasteiger partial charge on any atom is -0.508 e. The minimum absolute atomic E-state index is 0.161. The van der Waals surface area contributed by atoms with Crippen LogP contribution in [-0.4, -0.2) is 11.1 Å². The van der Waals surface area contributed by atoms with Crippen molar-refractivity contribution in [1.29, 1.82) is 0 Å². The Morgan fingerprint density at radius 1 is 1.10 bits per heavy atom. The summed E-state index contributed by atoms with van der Waals surface area (Å²) in [5.74, 6) is 1.45. The van der Waals surface area contributed by atoms with Gasteiger partial charge in [0.1, 0.15) is 35.7 Å². The Balaban J connectivity index is 1.57. The van der Waals surface area contributed by atoms with E-state index >= 15 is 0 Å². The number of aryl methyl sites for hydroxylation is 1. The van der Waals surface area contributed by atoms with E-state index in [1.54, 1.807) is 18.2 Å². The first-order chi connectivity index (χ1) is 14.1. The molecule has 29 heavy (non-hydrogen) atoms. The molecule has 0 fully saturated rings. The number of phenolic OH excluding ortho intramolecular Hbond substituents is 1. The average Bonchev–Trinajstić information content (AvgIpc) is 2.72. The third kappa shape index (κ3) is 4.51. The van der Waals surface area contributed by atoms with Gasteiger partial charge in [-0.1, -0.05) is 36.4 Å². The van der Waals surface area contributed by atoms with Crippen LogP contribution in [0.1, 0.15) is 36.1 Å². The van der Waals surface area contributed by atoms with E-state index in [1.165, 1.54) is 6.92 Å². The topological polar surface area (TPSA) is 65.0 Å². The third-order valence-electron chi connectivity index (χ3n) is 4.83. The molecular formula is C24H22O5. The van der Waals surface area contributed by atoms with E-state index in [0.717, 1.165) is 29.5 Å². The Hall–Kier alpha value is -3.47. The monoisotopic (exact) mass is 390 g/mol. The van der Waals surface area contributed by atoms with E-state index in [1.807, 2.05) is 48.5 Å². The van der Waals surface area contributed by atoms with Gasteiger partial charge in [0.05, 0.1) is 0 Å². The fourth-order valence-electron chi connectivity index (χ4n) is 3.43. The Labute approximate surface area is 169 Å². The van der Waals surface area contributed by atoms with Crippen molar-refractivity contribution >= 4 is 5.97 Å². The zero-order chi connectivity index (χ0) is 20.2. The van der Waals surface area contributed by atoms with Crippen LogP contribution in [0.3, 0.4) is 0 Å². The van der Waals surface area contributed by atoms with Crippen LogP contribution in [0.2, 0.25) is 0 Å². The van der Waals surface area contributed by atoms with Crippen LogP contribution in [0.15, 0.2) is 66.7 Å². The van der Waals surface area contributed by atoms with Crippen LogP contribution in [0.25, 0.3) is 0 Å². The van der Waals surface area contributed by atoms with Gasteiger partial charge < -0.3 is 19.3 Å². The van der Waals surface area contributed by atoms with Crippen molar-refractivity contribution in [3.05, 3.63) is 83.4 Å². The molecule has 1 atom stereocenters. The summed E-state index contributed by atoms with van der Waals surface area (Å²) >= 11 is 0. The van der Waals surface area contributed by atoms with Crippen LogP contribution in [-0.2, 0) is 17.8 Å². The van der Waals surface area contributed by atoms with Crippen molar-refractivity contribution in [3.63, 3.8) is 0 Å². The zero-order valence-electron chi connectivity index (χ0n) is 16.1. The lowest BCUT2D eigenvalue weighted by Crippen LogP contribution is -2.17. The Morgan fingerprint density at radius 2 is 1.93 bits per heavy atom. The maximum Gasteiger partial charge on any atom is 0.308 e. The summed E-state index contributed by atoms with van der Waals surface area (Å²) in [6.07, 6.45) is 1.28. The smallest absolute Gasteiger partial charge is 0.308 e. The standard InChI is InChI=1S/C24H22O5/c1-16(25)28-24-14-20(27-15-17-5-3-2-4-6-17)10-11-21(24)22-12-8-18-7-9-19(26)13-23(18)29-22/h2-7,9-11,13-14,22,26H,8,12,15H2,1H3. The fourth-order valence-corrected chi connectivity index (χ4v) is 3.43. The Bertz CT molecular complexity index is 1010. The number of benzene rings is 3. The van der Waals surface area contributed by atoms with Crippen molar-refractivity contribution in [1.82, 2.24) is 0 Å². The van der Waals surface area contributed by atoms with E-state index in [2.05, 4.69) is 0 Å². The quantitative estimate of drug-likeness (QED) is 0.493. The lowest BCUT2D eigenvalue weighted by molar-refractivity contribution is -0.132. The summed E-state index contributed by atoms with van der Waals surface area (Å²) in [7, 11) is 0. The van der Waals surface area contributed by atoms with Gasteiger partial charge in [-0.15, -0.1) is 0 Å². The van der Waals surface area contributed by atoms with Gasteiger partial charge in [-0.25, -0.2) is 0 Å². The molecule has 1 unspecified atom stereocenters. The lowest BCUT2D eigenvalue weighted by Gasteiger charge is -2.27. The van der Waals surface area contributed by atoms with Crippen LogP contribution in [0.4, 0.5) is 0 Å². The minimum atomic E-state index is -0.402. The lowest BCUT2D eigenvalue weighted by atomic mass is 9.96. The van der Waals surface area contributed by atoms with Gasteiger partial charge in [0.15, 0.2) is 0 Å². The number of ether oxygens (including phenoxy) is 3. The van der Waals surface area contributed by atoms with Gasteiger partial charge in [0.2, 0.25) is 0 Å². The normalized spacial score (nSPS) is 15.1. The summed E-state index contributed by atoms with van der Waals surface area (Å²) in [5.41, 5.74) is 2.88. The van der Waals surface area contributed by atoms with Crippen molar-refractivity contribution < 1.29 is 24.1 Å². The van der Waals surface area contributed by atoms with E-state index in [0.29, 0.717) is 23.9 Å². The van der Waals surface area contributed by atoms with E-state index in [-0.39, 0.29) is 11.9 Å². The number of hydrogen-bond donors (Lipinski definition) is 1. The number of carbonyl (C=O) groups is 1. The average molecular weight is 390 g/mol. The molecule has 3 aromatic rings. The molecule has 1 aliphatic heterocycles. The molecule has 5 nitrogen and oxygen atoms in total. The van der Waals surface area contributed by atoms with Gasteiger partial charge in [-0.2, -0.15) is 0 Å². The molecule has 0 bridgehead atoms. The molecule has 1 aliphatic rings. The highest BCUT2D eigenvalue weighted by molar-refractivity contribution is 5.70.